The second-order valence-corrected chi connectivity index (χ2v) is 9.02. The van der Waals surface area contributed by atoms with Crippen molar-refractivity contribution >= 4 is 34.0 Å². The summed E-state index contributed by atoms with van der Waals surface area (Å²) in [5.41, 5.74) is 3.51. The van der Waals surface area contributed by atoms with Gasteiger partial charge in [-0.3, -0.25) is 4.79 Å². The largest absolute Gasteiger partial charge is 0.481 e. The third-order valence-electron chi connectivity index (χ3n) is 7.27. The molecule has 0 amide bonds. The van der Waals surface area contributed by atoms with Crippen molar-refractivity contribution in [2.45, 2.75) is 31.7 Å². The maximum absolute atomic E-state index is 14.0. The number of aryl methyl sites for hydroxylation is 1. The van der Waals surface area contributed by atoms with Crippen molar-refractivity contribution in [1.82, 2.24) is 24.5 Å². The monoisotopic (exact) mass is 434 g/mol. The number of rotatable bonds is 4. The molecule has 0 aromatic carbocycles. The zero-order valence-corrected chi connectivity index (χ0v) is 17.5. The molecule has 2 bridgehead atoms. The van der Waals surface area contributed by atoms with E-state index in [1.807, 2.05) is 23.9 Å². The lowest BCUT2D eigenvalue weighted by atomic mass is 9.61. The number of nitrogens with zero attached hydrogens (tertiary/aromatic N) is 4. The lowest BCUT2D eigenvalue weighted by Crippen LogP contribution is -2.51. The maximum Gasteiger partial charge on any atom is 0.308 e. The first kappa shape index (κ1) is 19.2. The first-order valence-corrected chi connectivity index (χ1v) is 10.9. The number of carboxylic acid groups (broad SMARTS) is 1. The van der Waals surface area contributed by atoms with Gasteiger partial charge in [0.2, 0.25) is 5.95 Å². The van der Waals surface area contributed by atoms with Gasteiger partial charge in [-0.25, -0.2) is 19.3 Å². The normalized spacial score (nSPS) is 24.9. The van der Waals surface area contributed by atoms with Crippen molar-refractivity contribution in [2.24, 2.45) is 24.8 Å². The van der Waals surface area contributed by atoms with Crippen LogP contribution < -0.4 is 5.32 Å². The van der Waals surface area contributed by atoms with Crippen molar-refractivity contribution in [1.29, 1.82) is 0 Å². The standard InChI is InChI=1S/C23H23FN6O2/c1-30-7-6-16-20(30)19(15-10-26-21-14(15)8-13(24)9-25-21)29-23(27-16)28-18-12-4-2-11(3-5-12)17(18)22(31)32/h6-12,17-18H,2-5H2,1H3,(H,25,26)(H,31,32)(H,27,28,29)/t11-,12+,17-,18?/m0/s1. The number of hydrogen-bond donors (Lipinski definition) is 3. The van der Waals surface area contributed by atoms with E-state index in [0.717, 1.165) is 42.3 Å². The molecule has 1 unspecified atom stereocenters. The Balaban J connectivity index is 1.48. The van der Waals surface area contributed by atoms with E-state index in [-0.39, 0.29) is 12.0 Å². The minimum Gasteiger partial charge on any atom is -0.481 e. The highest BCUT2D eigenvalue weighted by atomic mass is 19.1. The van der Waals surface area contributed by atoms with E-state index in [1.54, 1.807) is 6.20 Å². The molecule has 3 aliphatic carbocycles. The number of fused-ring (bicyclic) bond motifs is 5. The van der Waals surface area contributed by atoms with Gasteiger partial charge >= 0.3 is 5.97 Å². The maximum atomic E-state index is 14.0. The van der Waals surface area contributed by atoms with Gasteiger partial charge in [0, 0.05) is 36.4 Å². The van der Waals surface area contributed by atoms with Gasteiger partial charge in [0.25, 0.3) is 0 Å². The predicted molar refractivity (Wildman–Crippen MR) is 118 cm³/mol. The van der Waals surface area contributed by atoms with Crippen molar-refractivity contribution in [3.05, 3.63) is 36.5 Å². The molecule has 3 fully saturated rings. The fourth-order valence-corrected chi connectivity index (χ4v) is 5.78. The number of H-pyrrole nitrogens is 1. The van der Waals surface area contributed by atoms with Crippen LogP contribution >= 0.6 is 0 Å². The quantitative estimate of drug-likeness (QED) is 0.449. The molecule has 0 aliphatic heterocycles. The highest BCUT2D eigenvalue weighted by molar-refractivity contribution is 6.01. The van der Waals surface area contributed by atoms with E-state index in [9.17, 15) is 14.3 Å². The summed E-state index contributed by atoms with van der Waals surface area (Å²) < 4.78 is 15.9. The van der Waals surface area contributed by atoms with Crippen LogP contribution in [-0.4, -0.2) is 41.6 Å². The number of aromatic amines is 1. The molecule has 7 rings (SSSR count). The molecule has 4 aromatic heterocycles. The van der Waals surface area contributed by atoms with Crippen LogP contribution in [0, 0.1) is 23.6 Å². The lowest BCUT2D eigenvalue weighted by Gasteiger charge is -2.46. The van der Waals surface area contributed by atoms with Crippen molar-refractivity contribution in [2.75, 3.05) is 5.32 Å². The summed E-state index contributed by atoms with van der Waals surface area (Å²) in [5, 5.41) is 13.9. The van der Waals surface area contributed by atoms with Crippen LogP contribution in [0.1, 0.15) is 25.7 Å². The number of anilines is 1. The molecule has 3 saturated carbocycles. The van der Waals surface area contributed by atoms with E-state index < -0.39 is 17.7 Å². The lowest BCUT2D eigenvalue weighted by molar-refractivity contribution is -0.148. The molecular formula is C23H23FN6O2. The number of halogens is 1. The van der Waals surface area contributed by atoms with Crippen LogP contribution in [0.3, 0.4) is 0 Å². The Morgan fingerprint density at radius 1 is 1.25 bits per heavy atom. The molecule has 3 N–H and O–H groups in total. The van der Waals surface area contributed by atoms with Crippen LogP contribution in [0.15, 0.2) is 30.7 Å². The Labute approximate surface area is 182 Å². The van der Waals surface area contributed by atoms with Crippen LogP contribution in [0.4, 0.5) is 10.3 Å². The topological polar surface area (TPSA) is 109 Å². The van der Waals surface area contributed by atoms with Gasteiger partial charge in [0.05, 0.1) is 23.1 Å². The van der Waals surface area contributed by atoms with Gasteiger partial charge in [-0.15, -0.1) is 0 Å². The minimum atomic E-state index is -0.754. The Morgan fingerprint density at radius 2 is 2.03 bits per heavy atom. The molecule has 3 aliphatic rings. The fraction of sp³-hybridized carbons (Fsp3) is 0.391. The van der Waals surface area contributed by atoms with Gasteiger partial charge in [0.1, 0.15) is 17.2 Å². The van der Waals surface area contributed by atoms with Gasteiger partial charge < -0.3 is 20.0 Å². The van der Waals surface area contributed by atoms with Gasteiger partial charge in [0.15, 0.2) is 0 Å². The Kier molecular flexibility index (Phi) is 4.21. The van der Waals surface area contributed by atoms with Gasteiger partial charge in [-0.05, 0) is 49.7 Å². The van der Waals surface area contributed by atoms with Crippen LogP contribution in [0.2, 0.25) is 0 Å². The highest BCUT2D eigenvalue weighted by Gasteiger charge is 2.47. The molecule has 4 aromatic rings. The zero-order valence-electron chi connectivity index (χ0n) is 17.5. The van der Waals surface area contributed by atoms with Crippen LogP contribution in [0.5, 0.6) is 0 Å². The molecule has 8 nitrogen and oxygen atoms in total. The van der Waals surface area contributed by atoms with Crippen molar-refractivity contribution in [3.63, 3.8) is 0 Å². The van der Waals surface area contributed by atoms with Crippen LogP contribution in [-0.2, 0) is 11.8 Å². The number of aliphatic carboxylic acids is 1. The fourth-order valence-electron chi connectivity index (χ4n) is 5.78. The number of carboxylic acids is 1. The summed E-state index contributed by atoms with van der Waals surface area (Å²) in [5.74, 6) is -0.718. The summed E-state index contributed by atoms with van der Waals surface area (Å²) >= 11 is 0. The number of pyridine rings is 1. The second-order valence-electron chi connectivity index (χ2n) is 9.02. The molecular weight excluding hydrogens is 411 g/mol. The number of aromatic nitrogens is 5. The zero-order chi connectivity index (χ0) is 22.0. The van der Waals surface area contributed by atoms with E-state index >= 15 is 0 Å². The average molecular weight is 434 g/mol. The van der Waals surface area contributed by atoms with Crippen molar-refractivity contribution < 1.29 is 14.3 Å². The number of carbonyl (C=O) groups is 1. The molecule has 9 heteroatoms. The number of hydrogen-bond acceptors (Lipinski definition) is 5. The molecule has 0 saturated heterocycles. The predicted octanol–water partition coefficient (Wildman–Crippen LogP) is 3.95. The Hall–Kier alpha value is -3.49. The van der Waals surface area contributed by atoms with E-state index in [2.05, 4.69) is 15.3 Å². The highest BCUT2D eigenvalue weighted by Crippen LogP contribution is 2.46. The first-order chi connectivity index (χ1) is 15.5. The van der Waals surface area contributed by atoms with Crippen LogP contribution in [0.25, 0.3) is 33.3 Å². The Bertz CT molecular complexity index is 1350. The summed E-state index contributed by atoms with van der Waals surface area (Å²) in [7, 11) is 1.91. The molecule has 32 heavy (non-hydrogen) atoms. The molecule has 164 valence electrons. The summed E-state index contributed by atoms with van der Waals surface area (Å²) in [6, 6.07) is 3.15. The van der Waals surface area contributed by atoms with Gasteiger partial charge in [-0.2, -0.15) is 0 Å². The Morgan fingerprint density at radius 3 is 2.81 bits per heavy atom. The molecule has 0 spiro atoms. The van der Waals surface area contributed by atoms with E-state index in [0.29, 0.717) is 28.6 Å². The summed E-state index contributed by atoms with van der Waals surface area (Å²) in [4.78, 5) is 28.8. The molecule has 0 radical (unpaired) electrons. The summed E-state index contributed by atoms with van der Waals surface area (Å²) in [6.07, 6.45) is 8.86. The number of nitrogens with one attached hydrogen (secondary N) is 2. The third kappa shape index (κ3) is 2.87. The van der Waals surface area contributed by atoms with E-state index in [1.165, 1.54) is 12.3 Å². The first-order valence-electron chi connectivity index (χ1n) is 10.9. The smallest absolute Gasteiger partial charge is 0.308 e. The van der Waals surface area contributed by atoms with Gasteiger partial charge in [-0.1, -0.05) is 0 Å². The second kappa shape index (κ2) is 7.01. The molecule has 4 heterocycles. The molecule has 2 atom stereocenters. The van der Waals surface area contributed by atoms with E-state index in [4.69, 9.17) is 9.97 Å². The summed E-state index contributed by atoms with van der Waals surface area (Å²) in [6.45, 7) is 0. The van der Waals surface area contributed by atoms with Crippen molar-refractivity contribution in [3.8, 4) is 11.3 Å². The average Bonchev–Trinajstić information content (AvgIpc) is 3.37. The SMILES string of the molecule is Cn1ccc2nc(NC3[C@H]4CC[C@H](CC4)[C@@H]3C(=O)O)nc(-c3c[nH]c4ncc(F)cc34)c21. The third-order valence-corrected chi connectivity index (χ3v) is 7.27. The minimum absolute atomic E-state index is 0.192.